The molecule has 17 aliphatic carbocycles. The van der Waals surface area contributed by atoms with E-state index in [2.05, 4.69) is 0 Å². The number of carbonyl (C=O) groups excluding carboxylic acids is 5. The molecule has 27 nitrogen and oxygen atoms in total. The van der Waals surface area contributed by atoms with E-state index in [1.807, 2.05) is 0 Å². The van der Waals surface area contributed by atoms with Gasteiger partial charge in [-0.15, -0.1) is 0 Å². The Morgan fingerprint density at radius 3 is 2.17 bits per heavy atom. The van der Waals surface area contributed by atoms with E-state index in [-0.39, 0.29) is 96.9 Å². The molecule has 6 saturated carbocycles. The van der Waals surface area contributed by atoms with Crippen molar-refractivity contribution in [1.29, 1.82) is 0 Å². The van der Waals surface area contributed by atoms with E-state index in [1.165, 1.54) is 18.2 Å². The molecule has 11 spiro atoms. The summed E-state index contributed by atoms with van der Waals surface area (Å²) in [5.41, 5.74) is -38.8. The molecule has 18 unspecified atom stereocenters. The lowest BCUT2D eigenvalue weighted by molar-refractivity contribution is -0.242. The van der Waals surface area contributed by atoms with Crippen LogP contribution in [0.3, 0.4) is 0 Å². The zero-order valence-electron chi connectivity index (χ0n) is 44.9. The van der Waals surface area contributed by atoms with Crippen LogP contribution >= 0.6 is 0 Å². The molecule has 0 amide bonds. The van der Waals surface area contributed by atoms with Gasteiger partial charge >= 0.3 is 29.8 Å². The zero-order chi connectivity index (χ0) is 60.6. The van der Waals surface area contributed by atoms with Crippen LogP contribution in [0.15, 0.2) is 80.2 Å². The summed E-state index contributed by atoms with van der Waals surface area (Å²) in [4.78, 5) is 147. The minimum Gasteiger partial charge on any atom is -0.481 e. The van der Waals surface area contributed by atoms with Crippen molar-refractivity contribution in [2.24, 2.45) is 59.2 Å². The van der Waals surface area contributed by atoms with Crippen molar-refractivity contribution in [3.63, 3.8) is 0 Å². The number of aliphatic hydroxyl groups is 3. The van der Waals surface area contributed by atoms with Gasteiger partial charge in [0.15, 0.2) is 39.8 Å². The van der Waals surface area contributed by atoms with Crippen LogP contribution < -0.4 is 4.74 Å². The van der Waals surface area contributed by atoms with Crippen molar-refractivity contribution < 1.29 is 131 Å². The number of epoxide rings is 7. The number of ketones is 3. The smallest absolute Gasteiger partial charge is 0.340 e. The van der Waals surface area contributed by atoms with Gasteiger partial charge in [0, 0.05) is 82.6 Å². The van der Waals surface area contributed by atoms with Gasteiger partial charge in [-0.25, -0.2) is 9.59 Å². The number of aliphatic carboxylic acids is 5. The molecule has 0 radical (unpaired) electrons. The Kier molecular flexibility index (Phi) is 6.01. The number of ether oxygens (including phenoxy) is 9. The number of fused-ring (bicyclic) bond motifs is 3. The second-order valence-corrected chi connectivity index (χ2v) is 29.3. The Morgan fingerprint density at radius 2 is 1.47 bits per heavy atom. The fourth-order valence-corrected chi connectivity index (χ4v) is 28.1. The van der Waals surface area contributed by atoms with E-state index in [0.717, 1.165) is 13.0 Å². The van der Waals surface area contributed by atoms with Gasteiger partial charge in [0.1, 0.15) is 73.8 Å². The van der Waals surface area contributed by atoms with Crippen molar-refractivity contribution in [3.8, 4) is 5.75 Å². The summed E-state index contributed by atoms with van der Waals surface area (Å²) in [7, 11) is 0. The molecule has 7 aliphatic heterocycles. The van der Waals surface area contributed by atoms with Gasteiger partial charge in [-0.1, -0.05) is 6.08 Å². The van der Waals surface area contributed by atoms with Crippen molar-refractivity contribution in [1.82, 2.24) is 0 Å². The predicted octanol–water partition coefficient (Wildman–Crippen LogP) is -2.81. The van der Waals surface area contributed by atoms with Crippen LogP contribution in [0.4, 0.5) is 0 Å². The maximum absolute atomic E-state index is 16.6. The Morgan fingerprint density at radius 1 is 0.742 bits per heavy atom. The molecule has 1 aromatic carbocycles. The van der Waals surface area contributed by atoms with Crippen LogP contribution in [0.2, 0.25) is 0 Å². The number of aliphatic hydroxyl groups excluding tert-OH is 2. The topological polar surface area (TPSA) is 439 Å². The molecule has 25 rings (SSSR count). The van der Waals surface area contributed by atoms with Crippen LogP contribution in [0.5, 0.6) is 5.75 Å². The van der Waals surface area contributed by atoms with Crippen molar-refractivity contribution in [2.75, 3.05) is 0 Å². The highest BCUT2D eigenvalue weighted by molar-refractivity contribution is 6.20. The molecule has 0 aromatic heterocycles. The van der Waals surface area contributed by atoms with Gasteiger partial charge < -0.3 is 83.5 Å². The molecular formula is C62H36O27. The molecule has 13 fully saturated rings. The standard InChI is InChI=1S/C62H36O27/c1-11(65)28-27-26(43(72)73)17-4-12(66)5-18-37(68)40-58(47(78)79)55(85-58)36(44(74)75)30-19(67)6-13-21(82-10-64)7-14-22-20(81-9-63)3-2-16-25(22)32-31-23(14)29(13)49(30,80)62-45(55)56-35-34(33(27)60(50(17,18)86-60)61(40,56)88-56)52-38-15(24(42(70)71)41(69)54(28,52)84-52)8-48(51(16,83-48)46(76)77)59(32)57(38,89-59)39(35)53(31,62)87-62/h2-4,7,9-10,16,18-19,24,26,30-31,33-34,36-37,40,45,67-68,80H,5-6,8H2,1H3,(H,70,71)(H,72,73)(H,74,75)(H,76,77)(H,78,79)/t16?,18?,19?,24?,26?,30?,31?,33?,34?,36?,37?,40?,45?,48-,49-,50+,51+,52+,53+,54?,55?,56-,57?,58?,59?,60+,61+,62+/m0/s1. The molecule has 0 bridgehead atoms. The second kappa shape index (κ2) is 11.3. The summed E-state index contributed by atoms with van der Waals surface area (Å²) in [5, 5.41) is 103. The van der Waals surface area contributed by atoms with Gasteiger partial charge in [-0.05, 0) is 75.3 Å². The van der Waals surface area contributed by atoms with Gasteiger partial charge in [-0.2, -0.15) is 0 Å². The monoisotopic (exact) mass is 1210 g/mol. The number of carboxylic acid groups (broad SMARTS) is 5. The van der Waals surface area contributed by atoms with Crippen LogP contribution in [-0.2, 0) is 97.9 Å². The van der Waals surface area contributed by atoms with E-state index in [0.29, 0.717) is 0 Å². The highest BCUT2D eigenvalue weighted by Gasteiger charge is 3.23. The summed E-state index contributed by atoms with van der Waals surface area (Å²) in [6.45, 7) is 1.23. The van der Waals surface area contributed by atoms with E-state index in [9.17, 15) is 64.5 Å². The fraction of sp³-hybridized carbons (Fsp3) is 0.516. The molecule has 1 aromatic rings. The number of carboxylic acids is 5. The number of hydrogen-bond donors (Lipinski definition) is 8. The molecule has 446 valence electrons. The van der Waals surface area contributed by atoms with Gasteiger partial charge in [0.25, 0.3) is 12.9 Å². The predicted molar refractivity (Wildman–Crippen MR) is 264 cm³/mol. The van der Waals surface area contributed by atoms with Gasteiger partial charge in [0.2, 0.25) is 11.2 Å². The van der Waals surface area contributed by atoms with E-state index < -0.39 is 233 Å². The lowest BCUT2D eigenvalue weighted by Gasteiger charge is -2.72. The lowest BCUT2D eigenvalue weighted by atomic mass is 9.24. The Labute approximate surface area is 491 Å². The summed E-state index contributed by atoms with van der Waals surface area (Å²) in [6.07, 6.45) is -2.25. The third kappa shape index (κ3) is 3.04. The Bertz CT molecular complexity index is 4790. The number of hydrogen-bond acceptors (Lipinski definition) is 22. The van der Waals surface area contributed by atoms with Gasteiger partial charge in [-0.3, -0.25) is 38.4 Å². The largest absolute Gasteiger partial charge is 0.481 e. The average Bonchev–Trinajstić information content (AvgIpc) is 1.33. The van der Waals surface area contributed by atoms with Crippen LogP contribution in [0.25, 0.3) is 5.57 Å². The first-order valence-corrected chi connectivity index (χ1v) is 29.6. The molecule has 8 N–H and O–H groups in total. The first-order valence-electron chi connectivity index (χ1n) is 29.6. The fourth-order valence-electron chi connectivity index (χ4n) is 28.1. The van der Waals surface area contributed by atoms with Crippen molar-refractivity contribution in [2.45, 2.75) is 128 Å². The minimum absolute atomic E-state index is 0.0101. The number of allylic oxidation sites excluding steroid dienone is 3. The molecule has 27 heteroatoms. The molecule has 24 aliphatic rings. The number of benzene rings is 1. The molecule has 28 atom stereocenters. The number of rotatable bonds is 10. The van der Waals surface area contributed by atoms with E-state index in [4.69, 9.17) is 42.6 Å². The second-order valence-electron chi connectivity index (χ2n) is 29.3. The average molecular weight is 1210 g/mol. The van der Waals surface area contributed by atoms with Crippen LogP contribution in [0.1, 0.15) is 47.9 Å². The third-order valence-electron chi connectivity index (χ3n) is 28.7. The lowest BCUT2D eigenvalue weighted by Crippen LogP contribution is -2.88. The Balaban J connectivity index is 0.964. The summed E-state index contributed by atoms with van der Waals surface area (Å²) >= 11 is 0. The van der Waals surface area contributed by atoms with Crippen molar-refractivity contribution in [3.05, 3.63) is 102 Å². The quantitative estimate of drug-likeness (QED) is 0.0507. The molecule has 7 heterocycles. The summed E-state index contributed by atoms with van der Waals surface area (Å²) in [5.74, 6) is -32.8. The maximum atomic E-state index is 16.6. The normalized spacial score (nSPS) is 59.8. The van der Waals surface area contributed by atoms with Crippen LogP contribution in [-0.4, -0.2) is 192 Å². The SMILES string of the molecule is CC(=O)C1=C2C(C(=O)O)C3=CC(=O)CC4C(O)C5C6(C(=O)O)OC67C(C(=O)O)C6C(O)Cc8c(OC=O)cc9c%10c8[C@@]6(O)[C@@]68O[C@]6%11C6=C%12C(C2[C@]2(O[C@]342)[C@@]52O[C@]%122C78)[C@]23OC12C(=O)C(C(=O)O)C1=C3C62OC23C(=C2C9=C(OC=O)C=CC2[C@]2(C(=O)O)O[C@]32C1)C%10%11. The van der Waals surface area contributed by atoms with E-state index >= 15 is 24.3 Å². The first kappa shape index (κ1) is 47.3. The highest BCUT2D eigenvalue weighted by atomic mass is 16.8. The van der Waals surface area contributed by atoms with Crippen LogP contribution in [0, 0.1) is 59.2 Å². The van der Waals surface area contributed by atoms with Crippen molar-refractivity contribution >= 4 is 65.7 Å². The maximum Gasteiger partial charge on any atom is 0.340 e. The van der Waals surface area contributed by atoms with E-state index in [1.54, 1.807) is 0 Å². The summed E-state index contributed by atoms with van der Waals surface area (Å²) in [6, 6.07) is 1.40. The van der Waals surface area contributed by atoms with Gasteiger partial charge in [0.05, 0.1) is 30.0 Å². The zero-order valence-corrected chi connectivity index (χ0v) is 44.9. The highest BCUT2D eigenvalue weighted by Crippen LogP contribution is 3.07. The Hall–Kier alpha value is -7.70. The minimum atomic E-state index is -2.98. The first-order chi connectivity index (χ1) is 42.4. The number of Topliss-reactive ketones (excluding diaryl/α,β-unsaturated/α-hetero) is 2. The molecular weight excluding hydrogens is 1180 g/mol. The molecule has 7 saturated heterocycles. The summed E-state index contributed by atoms with van der Waals surface area (Å²) < 4.78 is 64.5. The molecule has 89 heavy (non-hydrogen) atoms. The number of carbonyl (C=O) groups is 10. The third-order valence-corrected chi connectivity index (χ3v) is 28.7.